The Morgan fingerprint density at radius 3 is 2.19 bits per heavy atom. The monoisotopic (exact) mass is 284 g/mol. The first kappa shape index (κ1) is 14.6. The molecule has 0 aromatic heterocycles. The van der Waals surface area contributed by atoms with Crippen molar-refractivity contribution in [3.8, 4) is 0 Å². The molecule has 2 aromatic rings. The number of anilines is 1. The molecule has 2 aromatic carbocycles. The minimum absolute atomic E-state index is 0.259. The lowest BCUT2D eigenvalue weighted by atomic mass is 9.99. The standard InChI is InChI=1S/C16H16N2O3/c17-15(19)12-6-8-13(9-7-12)18-10-14(16(20)21)11-4-2-1-3-5-11/h1-9,14,18H,10H2,(H2,17,19)(H,20,21). The fraction of sp³-hybridized carbons (Fsp3) is 0.125. The molecular formula is C16H16N2O3. The molecule has 0 spiro atoms. The highest BCUT2D eigenvalue weighted by atomic mass is 16.4. The van der Waals surface area contributed by atoms with Crippen LogP contribution < -0.4 is 11.1 Å². The van der Waals surface area contributed by atoms with Crippen molar-refractivity contribution in [2.24, 2.45) is 5.73 Å². The van der Waals surface area contributed by atoms with Gasteiger partial charge in [0.15, 0.2) is 0 Å². The molecule has 0 saturated heterocycles. The maximum Gasteiger partial charge on any atom is 0.312 e. The number of hydrogen-bond donors (Lipinski definition) is 3. The molecule has 0 bridgehead atoms. The van der Waals surface area contributed by atoms with Crippen molar-refractivity contribution in [1.82, 2.24) is 0 Å². The highest BCUT2D eigenvalue weighted by Crippen LogP contribution is 2.17. The zero-order chi connectivity index (χ0) is 15.2. The van der Waals surface area contributed by atoms with E-state index in [1.165, 1.54) is 0 Å². The van der Waals surface area contributed by atoms with Gasteiger partial charge in [-0.1, -0.05) is 30.3 Å². The highest BCUT2D eigenvalue weighted by molar-refractivity contribution is 5.93. The van der Waals surface area contributed by atoms with E-state index in [0.29, 0.717) is 5.56 Å². The number of rotatable bonds is 6. The third-order valence-electron chi connectivity index (χ3n) is 3.18. The third kappa shape index (κ3) is 3.82. The maximum atomic E-state index is 11.4. The molecule has 0 radical (unpaired) electrons. The molecule has 1 unspecified atom stereocenters. The van der Waals surface area contributed by atoms with E-state index in [2.05, 4.69) is 5.32 Å². The second-order valence-corrected chi connectivity index (χ2v) is 4.62. The summed E-state index contributed by atoms with van der Waals surface area (Å²) in [4.78, 5) is 22.3. The molecular weight excluding hydrogens is 268 g/mol. The van der Waals surface area contributed by atoms with Gasteiger partial charge in [0, 0.05) is 17.8 Å². The molecule has 1 atom stereocenters. The Hall–Kier alpha value is -2.82. The van der Waals surface area contributed by atoms with Gasteiger partial charge in [0.1, 0.15) is 0 Å². The lowest BCUT2D eigenvalue weighted by molar-refractivity contribution is -0.138. The van der Waals surface area contributed by atoms with Crippen LogP contribution in [0, 0.1) is 0 Å². The first-order chi connectivity index (χ1) is 10.1. The number of nitrogens with one attached hydrogen (secondary N) is 1. The van der Waals surface area contributed by atoms with Crippen molar-refractivity contribution in [2.45, 2.75) is 5.92 Å². The highest BCUT2D eigenvalue weighted by Gasteiger charge is 2.19. The fourth-order valence-electron chi connectivity index (χ4n) is 2.01. The van der Waals surface area contributed by atoms with E-state index < -0.39 is 17.8 Å². The van der Waals surface area contributed by atoms with Crippen molar-refractivity contribution in [1.29, 1.82) is 0 Å². The smallest absolute Gasteiger partial charge is 0.312 e. The summed E-state index contributed by atoms with van der Waals surface area (Å²) >= 11 is 0. The van der Waals surface area contributed by atoms with Crippen LogP contribution in [0.25, 0.3) is 0 Å². The zero-order valence-corrected chi connectivity index (χ0v) is 11.3. The summed E-state index contributed by atoms with van der Waals surface area (Å²) in [5.41, 5.74) is 7.06. The predicted molar refractivity (Wildman–Crippen MR) is 80.3 cm³/mol. The van der Waals surface area contributed by atoms with Crippen LogP contribution >= 0.6 is 0 Å². The SMILES string of the molecule is NC(=O)c1ccc(NCC(C(=O)O)c2ccccc2)cc1. The van der Waals surface area contributed by atoms with Gasteiger partial charge in [-0.3, -0.25) is 9.59 Å². The normalized spacial score (nSPS) is 11.6. The van der Waals surface area contributed by atoms with Crippen LogP contribution in [0.3, 0.4) is 0 Å². The molecule has 0 fully saturated rings. The Bertz CT molecular complexity index is 624. The molecule has 4 N–H and O–H groups in total. The van der Waals surface area contributed by atoms with Gasteiger partial charge in [-0.15, -0.1) is 0 Å². The first-order valence-corrected chi connectivity index (χ1v) is 6.49. The Kier molecular flexibility index (Phi) is 4.56. The van der Waals surface area contributed by atoms with E-state index >= 15 is 0 Å². The van der Waals surface area contributed by atoms with Gasteiger partial charge < -0.3 is 16.2 Å². The second-order valence-electron chi connectivity index (χ2n) is 4.62. The van der Waals surface area contributed by atoms with Crippen molar-refractivity contribution >= 4 is 17.6 Å². The minimum atomic E-state index is -0.887. The van der Waals surface area contributed by atoms with Crippen molar-refractivity contribution < 1.29 is 14.7 Å². The molecule has 108 valence electrons. The summed E-state index contributed by atoms with van der Waals surface area (Å²) < 4.78 is 0. The Morgan fingerprint density at radius 2 is 1.67 bits per heavy atom. The van der Waals surface area contributed by atoms with Crippen LogP contribution in [-0.2, 0) is 4.79 Å². The third-order valence-corrected chi connectivity index (χ3v) is 3.18. The van der Waals surface area contributed by atoms with Crippen LogP contribution in [0.4, 0.5) is 5.69 Å². The summed E-state index contributed by atoms with van der Waals surface area (Å²) in [6.45, 7) is 0.259. The van der Waals surface area contributed by atoms with Gasteiger partial charge in [-0.2, -0.15) is 0 Å². The number of carbonyl (C=O) groups is 2. The van der Waals surface area contributed by atoms with Gasteiger partial charge in [-0.05, 0) is 29.8 Å². The van der Waals surface area contributed by atoms with E-state index in [0.717, 1.165) is 11.3 Å². The van der Waals surface area contributed by atoms with E-state index in [4.69, 9.17) is 5.73 Å². The molecule has 2 rings (SSSR count). The number of aliphatic carboxylic acids is 1. The molecule has 1 amide bonds. The second kappa shape index (κ2) is 6.56. The molecule has 0 aliphatic carbocycles. The molecule has 0 aliphatic heterocycles. The summed E-state index contributed by atoms with van der Waals surface area (Å²) in [6.07, 6.45) is 0. The number of nitrogens with two attached hydrogens (primary N) is 1. The van der Waals surface area contributed by atoms with Crippen LogP contribution in [0.2, 0.25) is 0 Å². The lowest BCUT2D eigenvalue weighted by Gasteiger charge is -2.14. The van der Waals surface area contributed by atoms with Gasteiger partial charge in [0.2, 0.25) is 5.91 Å². The van der Waals surface area contributed by atoms with Gasteiger partial charge in [-0.25, -0.2) is 0 Å². The van der Waals surface area contributed by atoms with Crippen LogP contribution in [0.1, 0.15) is 21.8 Å². The molecule has 0 saturated carbocycles. The van der Waals surface area contributed by atoms with Crippen LogP contribution in [-0.4, -0.2) is 23.5 Å². The average molecular weight is 284 g/mol. The average Bonchev–Trinajstić information content (AvgIpc) is 2.48. The van der Waals surface area contributed by atoms with Crippen LogP contribution in [0.5, 0.6) is 0 Å². The van der Waals surface area contributed by atoms with Crippen LogP contribution in [0.15, 0.2) is 54.6 Å². The molecule has 5 nitrogen and oxygen atoms in total. The van der Waals surface area contributed by atoms with E-state index in [-0.39, 0.29) is 6.54 Å². The fourth-order valence-corrected chi connectivity index (χ4v) is 2.01. The van der Waals surface area contributed by atoms with Gasteiger partial charge in [0.25, 0.3) is 0 Å². The van der Waals surface area contributed by atoms with E-state index in [1.54, 1.807) is 36.4 Å². The van der Waals surface area contributed by atoms with Gasteiger partial charge >= 0.3 is 5.97 Å². The van der Waals surface area contributed by atoms with Crippen molar-refractivity contribution in [3.05, 3.63) is 65.7 Å². The van der Waals surface area contributed by atoms with Crippen molar-refractivity contribution in [3.63, 3.8) is 0 Å². The Labute approximate surface area is 122 Å². The van der Waals surface area contributed by atoms with E-state index in [9.17, 15) is 14.7 Å². The Morgan fingerprint density at radius 1 is 1.05 bits per heavy atom. The van der Waals surface area contributed by atoms with E-state index in [1.807, 2.05) is 18.2 Å². The predicted octanol–water partition coefficient (Wildman–Crippen LogP) is 2.07. The molecule has 0 aliphatic rings. The lowest BCUT2D eigenvalue weighted by Crippen LogP contribution is -2.21. The summed E-state index contributed by atoms with van der Waals surface area (Å²) in [5, 5.41) is 12.4. The maximum absolute atomic E-state index is 11.4. The van der Waals surface area contributed by atoms with Gasteiger partial charge in [0.05, 0.1) is 5.92 Å². The molecule has 5 heteroatoms. The molecule has 0 heterocycles. The topological polar surface area (TPSA) is 92.4 Å². The molecule has 21 heavy (non-hydrogen) atoms. The Balaban J connectivity index is 2.05. The largest absolute Gasteiger partial charge is 0.481 e. The number of benzene rings is 2. The minimum Gasteiger partial charge on any atom is -0.481 e. The van der Waals surface area contributed by atoms with Crippen molar-refractivity contribution in [2.75, 3.05) is 11.9 Å². The number of hydrogen-bond acceptors (Lipinski definition) is 3. The zero-order valence-electron chi connectivity index (χ0n) is 11.3. The first-order valence-electron chi connectivity index (χ1n) is 6.49. The number of amides is 1. The number of primary amides is 1. The number of carboxylic acid groups (broad SMARTS) is 1. The summed E-state index contributed by atoms with van der Waals surface area (Å²) in [7, 11) is 0. The number of carboxylic acids is 1. The summed E-state index contributed by atoms with van der Waals surface area (Å²) in [5.74, 6) is -2.02. The summed E-state index contributed by atoms with van der Waals surface area (Å²) in [6, 6.07) is 15.6. The quantitative estimate of drug-likeness (QED) is 0.757. The number of carbonyl (C=O) groups excluding carboxylic acids is 1.